The number of amides is 4. The van der Waals surface area contributed by atoms with Crippen molar-refractivity contribution in [2.24, 2.45) is 0 Å². The number of imide groups is 1. The number of benzene rings is 2. The van der Waals surface area contributed by atoms with Gasteiger partial charge in [-0.1, -0.05) is 6.07 Å². The number of carbonyl (C=O) groups excluding carboxylic acids is 4. The lowest BCUT2D eigenvalue weighted by atomic mass is 10.0. The van der Waals surface area contributed by atoms with Crippen LogP contribution in [0, 0.1) is 0 Å². The van der Waals surface area contributed by atoms with Gasteiger partial charge in [-0.25, -0.2) is 4.98 Å². The molecule has 4 aliphatic rings. The zero-order valence-corrected chi connectivity index (χ0v) is 24.8. The number of likely N-dealkylation sites (tertiary alicyclic amines) is 1. The molecule has 0 saturated carbocycles. The van der Waals surface area contributed by atoms with Gasteiger partial charge in [0.1, 0.15) is 23.7 Å². The zero-order chi connectivity index (χ0) is 30.4. The van der Waals surface area contributed by atoms with Gasteiger partial charge in [-0.05, 0) is 66.4 Å². The van der Waals surface area contributed by atoms with Crippen LogP contribution in [0.25, 0.3) is 10.9 Å². The Morgan fingerprint density at radius 1 is 0.977 bits per heavy atom. The highest BCUT2D eigenvalue weighted by Crippen LogP contribution is 2.31. The van der Waals surface area contributed by atoms with Crippen molar-refractivity contribution in [3.8, 4) is 5.75 Å². The van der Waals surface area contributed by atoms with E-state index >= 15 is 0 Å². The molecule has 0 aliphatic carbocycles. The summed E-state index contributed by atoms with van der Waals surface area (Å²) < 4.78 is 6.35. The van der Waals surface area contributed by atoms with E-state index in [1.165, 1.54) is 5.56 Å². The summed E-state index contributed by atoms with van der Waals surface area (Å²) in [5.74, 6) is 0.929. The van der Waals surface area contributed by atoms with E-state index in [1.54, 1.807) is 17.9 Å². The third-order valence-corrected chi connectivity index (χ3v) is 9.22. The Balaban J connectivity index is 0.941. The molecule has 228 valence electrons. The molecular formula is C33H36N6O5. The normalized spacial score (nSPS) is 22.5. The second-order valence-corrected chi connectivity index (χ2v) is 12.2. The summed E-state index contributed by atoms with van der Waals surface area (Å²) in [5, 5.41) is 3.46. The summed E-state index contributed by atoms with van der Waals surface area (Å²) in [6, 6.07) is 15.6. The molecule has 5 heterocycles. The maximum absolute atomic E-state index is 13.0. The van der Waals surface area contributed by atoms with Crippen LogP contribution in [0.2, 0.25) is 0 Å². The molecule has 3 fully saturated rings. The van der Waals surface area contributed by atoms with Crippen LogP contribution in [0.4, 0.5) is 5.82 Å². The van der Waals surface area contributed by atoms with Crippen LogP contribution in [0.1, 0.15) is 47.7 Å². The molecule has 1 N–H and O–H groups in total. The number of aromatic nitrogens is 1. The van der Waals surface area contributed by atoms with E-state index in [2.05, 4.69) is 45.4 Å². The molecule has 11 nitrogen and oxygen atoms in total. The smallest absolute Gasteiger partial charge is 0.255 e. The van der Waals surface area contributed by atoms with Gasteiger partial charge in [0.05, 0.1) is 5.52 Å². The molecule has 11 heteroatoms. The highest BCUT2D eigenvalue weighted by Gasteiger charge is 2.39. The first-order chi connectivity index (χ1) is 21.3. The van der Waals surface area contributed by atoms with E-state index in [4.69, 9.17) is 9.72 Å². The van der Waals surface area contributed by atoms with Gasteiger partial charge >= 0.3 is 0 Å². The number of anilines is 1. The van der Waals surface area contributed by atoms with Gasteiger partial charge in [0.2, 0.25) is 17.7 Å². The number of nitrogens with one attached hydrogen (secondary N) is 1. The first-order valence-electron chi connectivity index (χ1n) is 15.4. The third kappa shape index (κ3) is 5.59. The molecule has 7 rings (SSSR count). The molecule has 2 aromatic carbocycles. The van der Waals surface area contributed by atoms with E-state index in [1.807, 2.05) is 17.0 Å². The minimum absolute atomic E-state index is 0.0459. The van der Waals surface area contributed by atoms with Gasteiger partial charge in [0, 0.05) is 76.7 Å². The minimum Gasteiger partial charge on any atom is -0.489 e. The maximum Gasteiger partial charge on any atom is 0.255 e. The average molecular weight is 597 g/mol. The van der Waals surface area contributed by atoms with Crippen LogP contribution in [0.5, 0.6) is 5.75 Å². The highest BCUT2D eigenvalue weighted by atomic mass is 16.5. The SMILES string of the molecule is CC(=O)N1CCN(c2ccc3cc(CN4CC[C@H](Oc5ccc6c(c5)CN([C@H]5CCC(=O)NC5=O)C6=O)C4)ccc3n2)CC1. The zero-order valence-electron chi connectivity index (χ0n) is 24.8. The first-order valence-corrected chi connectivity index (χ1v) is 15.4. The predicted molar refractivity (Wildman–Crippen MR) is 163 cm³/mol. The quantitative estimate of drug-likeness (QED) is 0.432. The molecule has 0 spiro atoms. The van der Waals surface area contributed by atoms with Crippen molar-refractivity contribution in [3.05, 3.63) is 65.2 Å². The van der Waals surface area contributed by atoms with Crippen molar-refractivity contribution in [1.82, 2.24) is 25.0 Å². The van der Waals surface area contributed by atoms with Crippen LogP contribution in [0.15, 0.2) is 48.5 Å². The average Bonchev–Trinajstić information content (AvgIpc) is 3.59. The fraction of sp³-hybridized carbons (Fsp3) is 0.424. The number of piperidine rings is 1. The number of hydrogen-bond acceptors (Lipinski definition) is 8. The second-order valence-electron chi connectivity index (χ2n) is 12.2. The Hall–Kier alpha value is -4.51. The van der Waals surface area contributed by atoms with Gasteiger partial charge in [-0.15, -0.1) is 0 Å². The first kappa shape index (κ1) is 28.3. The summed E-state index contributed by atoms with van der Waals surface area (Å²) in [4.78, 5) is 61.5. The van der Waals surface area contributed by atoms with Gasteiger partial charge in [0.25, 0.3) is 5.91 Å². The van der Waals surface area contributed by atoms with Crippen molar-refractivity contribution >= 4 is 40.3 Å². The van der Waals surface area contributed by atoms with Crippen LogP contribution in [-0.2, 0) is 27.5 Å². The van der Waals surface area contributed by atoms with Gasteiger partial charge in [0.15, 0.2) is 0 Å². The van der Waals surface area contributed by atoms with Gasteiger partial charge in [-0.2, -0.15) is 0 Å². The molecule has 4 amide bonds. The minimum atomic E-state index is -0.622. The standard InChI is InChI=1S/C33H36N6O5/c1-21(40)37-12-14-38(15-13-37)30-8-3-23-16-22(2-6-28(23)34-30)18-36-11-10-26(20-36)44-25-4-5-27-24(17-25)19-39(33(27)43)29-7-9-31(41)35-32(29)42/h2-6,8,16-17,26,29H,7,9-15,18-20H2,1H3,(H,35,41,42)/t26-,29-/m0/s1. The number of carbonyl (C=O) groups is 4. The van der Waals surface area contributed by atoms with Crippen LogP contribution >= 0.6 is 0 Å². The highest BCUT2D eigenvalue weighted by molar-refractivity contribution is 6.05. The fourth-order valence-electron chi connectivity index (χ4n) is 6.80. The van der Waals surface area contributed by atoms with Crippen molar-refractivity contribution < 1.29 is 23.9 Å². The van der Waals surface area contributed by atoms with Crippen molar-refractivity contribution in [2.45, 2.75) is 51.4 Å². The molecule has 3 saturated heterocycles. The lowest BCUT2D eigenvalue weighted by molar-refractivity contribution is -0.137. The monoisotopic (exact) mass is 596 g/mol. The summed E-state index contributed by atoms with van der Waals surface area (Å²) >= 11 is 0. The van der Waals surface area contributed by atoms with E-state index in [9.17, 15) is 19.2 Å². The van der Waals surface area contributed by atoms with Gasteiger partial charge in [-0.3, -0.25) is 29.4 Å². The number of nitrogens with zero attached hydrogens (tertiary/aromatic N) is 5. The largest absolute Gasteiger partial charge is 0.489 e. The Morgan fingerprint density at radius 3 is 2.61 bits per heavy atom. The van der Waals surface area contributed by atoms with Crippen molar-refractivity contribution in [3.63, 3.8) is 0 Å². The summed E-state index contributed by atoms with van der Waals surface area (Å²) in [6.07, 6.45) is 1.54. The molecular weight excluding hydrogens is 560 g/mol. The number of hydrogen-bond donors (Lipinski definition) is 1. The van der Waals surface area contributed by atoms with Crippen molar-refractivity contribution in [2.75, 3.05) is 44.2 Å². The number of fused-ring (bicyclic) bond motifs is 2. The number of pyridine rings is 1. The van der Waals surface area contributed by atoms with Crippen LogP contribution < -0.4 is 15.0 Å². The number of piperazine rings is 1. The van der Waals surface area contributed by atoms with E-state index in [-0.39, 0.29) is 30.2 Å². The lowest BCUT2D eigenvalue weighted by Gasteiger charge is -2.35. The van der Waals surface area contributed by atoms with E-state index in [0.717, 1.165) is 80.3 Å². The van der Waals surface area contributed by atoms with E-state index < -0.39 is 11.9 Å². The molecule has 2 atom stereocenters. The number of rotatable bonds is 6. The molecule has 0 radical (unpaired) electrons. The Kier molecular flexibility index (Phi) is 7.41. The Bertz CT molecular complexity index is 1650. The summed E-state index contributed by atoms with van der Waals surface area (Å²) in [7, 11) is 0. The van der Waals surface area contributed by atoms with E-state index in [0.29, 0.717) is 18.5 Å². The number of ether oxygens (including phenoxy) is 1. The molecule has 3 aromatic rings. The fourth-order valence-corrected chi connectivity index (χ4v) is 6.80. The topological polar surface area (TPSA) is 115 Å². The maximum atomic E-state index is 13.0. The Morgan fingerprint density at radius 2 is 1.82 bits per heavy atom. The molecule has 1 aromatic heterocycles. The summed E-state index contributed by atoms with van der Waals surface area (Å²) in [5.41, 5.74) is 3.63. The predicted octanol–water partition coefficient (Wildman–Crippen LogP) is 2.32. The molecule has 0 unspecified atom stereocenters. The molecule has 4 aliphatic heterocycles. The summed E-state index contributed by atoms with van der Waals surface area (Å²) in [6.45, 7) is 7.55. The molecule has 0 bridgehead atoms. The third-order valence-electron chi connectivity index (χ3n) is 9.22. The van der Waals surface area contributed by atoms with Crippen LogP contribution in [-0.4, -0.2) is 94.7 Å². The second kappa shape index (κ2) is 11.5. The van der Waals surface area contributed by atoms with Crippen LogP contribution in [0.3, 0.4) is 0 Å². The lowest BCUT2D eigenvalue weighted by Crippen LogP contribution is -2.52. The Labute approximate surface area is 255 Å². The van der Waals surface area contributed by atoms with Crippen molar-refractivity contribution in [1.29, 1.82) is 0 Å². The van der Waals surface area contributed by atoms with Gasteiger partial charge < -0.3 is 19.4 Å². The molecule has 44 heavy (non-hydrogen) atoms.